The maximum absolute atomic E-state index is 9.29. The highest BCUT2D eigenvalue weighted by atomic mass is 35.5. The van der Waals surface area contributed by atoms with E-state index in [1.165, 1.54) is 12.8 Å². The number of aliphatic hydroxyl groups excluding tert-OH is 1. The van der Waals surface area contributed by atoms with E-state index in [2.05, 4.69) is 6.92 Å². The third-order valence-electron chi connectivity index (χ3n) is 2.63. The molecule has 0 heterocycles. The molecule has 0 aromatic heterocycles. The zero-order chi connectivity index (χ0) is 12.7. The van der Waals surface area contributed by atoms with Crippen molar-refractivity contribution in [2.75, 3.05) is 6.61 Å². The van der Waals surface area contributed by atoms with Gasteiger partial charge in [-0.05, 0) is 36.1 Å². The molecule has 1 nitrogen and oxygen atoms in total. The highest BCUT2D eigenvalue weighted by Crippen LogP contribution is 2.24. The second-order valence-electron chi connectivity index (χ2n) is 4.08. The molecule has 0 aliphatic heterocycles. The Hall–Kier alpha value is -0.500. The third kappa shape index (κ3) is 5.12. The smallest absolute Gasteiger partial charge is 0.0645 e. The average Bonchev–Trinajstić information content (AvgIpc) is 2.31. The summed E-state index contributed by atoms with van der Waals surface area (Å²) in [6.07, 6.45) is 6.35. The van der Waals surface area contributed by atoms with E-state index in [9.17, 15) is 5.11 Å². The fourth-order valence-electron chi connectivity index (χ4n) is 1.64. The van der Waals surface area contributed by atoms with Crippen LogP contribution in [0.15, 0.2) is 23.8 Å². The Labute approximate surface area is 113 Å². The van der Waals surface area contributed by atoms with E-state index in [-0.39, 0.29) is 6.61 Å². The molecule has 1 rings (SSSR count). The minimum absolute atomic E-state index is 0.0860. The molecule has 94 valence electrons. The zero-order valence-corrected chi connectivity index (χ0v) is 11.6. The Balaban J connectivity index is 2.75. The lowest BCUT2D eigenvalue weighted by atomic mass is 10.0. The van der Waals surface area contributed by atoms with Gasteiger partial charge in [0.25, 0.3) is 0 Å². The van der Waals surface area contributed by atoms with Crippen molar-refractivity contribution in [2.24, 2.45) is 0 Å². The highest BCUT2D eigenvalue weighted by molar-refractivity contribution is 6.35. The lowest BCUT2D eigenvalue weighted by Gasteiger charge is -2.05. The molecule has 1 N–H and O–H groups in total. The Kier molecular flexibility index (Phi) is 6.64. The van der Waals surface area contributed by atoms with Gasteiger partial charge in [0, 0.05) is 10.0 Å². The number of unbranched alkanes of at least 4 members (excludes halogenated alkanes) is 2. The summed E-state index contributed by atoms with van der Waals surface area (Å²) in [5.74, 6) is 0. The molecule has 3 heteroatoms. The van der Waals surface area contributed by atoms with Crippen molar-refractivity contribution in [1.82, 2.24) is 0 Å². The summed E-state index contributed by atoms with van der Waals surface area (Å²) in [7, 11) is 0. The Bertz CT molecular complexity index is 386. The van der Waals surface area contributed by atoms with Crippen LogP contribution in [-0.4, -0.2) is 11.7 Å². The van der Waals surface area contributed by atoms with Gasteiger partial charge in [-0.25, -0.2) is 0 Å². The van der Waals surface area contributed by atoms with Crippen LogP contribution >= 0.6 is 23.2 Å². The van der Waals surface area contributed by atoms with Crippen molar-refractivity contribution in [3.8, 4) is 0 Å². The standard InChI is InChI=1S/C14H18Cl2O/c1-2-3-4-5-11(10-17)8-12-6-7-13(15)9-14(12)16/h6-9,17H,2-5,10H2,1H3/b11-8-. The molecule has 17 heavy (non-hydrogen) atoms. The fourth-order valence-corrected chi connectivity index (χ4v) is 2.10. The molecule has 0 unspecified atom stereocenters. The van der Waals surface area contributed by atoms with Gasteiger partial charge in [-0.15, -0.1) is 0 Å². The molecule has 0 atom stereocenters. The van der Waals surface area contributed by atoms with Crippen LogP contribution in [0.3, 0.4) is 0 Å². The number of benzene rings is 1. The van der Waals surface area contributed by atoms with Gasteiger partial charge in [0.15, 0.2) is 0 Å². The van der Waals surface area contributed by atoms with Crippen LogP contribution < -0.4 is 0 Å². The van der Waals surface area contributed by atoms with Crippen molar-refractivity contribution >= 4 is 29.3 Å². The molecular formula is C14H18Cl2O. The molecule has 0 spiro atoms. The van der Waals surface area contributed by atoms with Crippen LogP contribution in [0.1, 0.15) is 38.2 Å². The van der Waals surface area contributed by atoms with Gasteiger partial charge in [-0.2, -0.15) is 0 Å². The molecule has 0 aliphatic carbocycles. The first kappa shape index (κ1) is 14.6. The molecule has 0 fully saturated rings. The zero-order valence-electron chi connectivity index (χ0n) is 10.0. The second kappa shape index (κ2) is 7.75. The first-order valence-electron chi connectivity index (χ1n) is 5.92. The van der Waals surface area contributed by atoms with Crippen LogP contribution in [0.4, 0.5) is 0 Å². The minimum atomic E-state index is 0.0860. The molecule has 0 amide bonds. The van der Waals surface area contributed by atoms with Crippen molar-refractivity contribution < 1.29 is 5.11 Å². The average molecular weight is 273 g/mol. The molecular weight excluding hydrogens is 255 g/mol. The maximum Gasteiger partial charge on any atom is 0.0645 e. The van der Waals surface area contributed by atoms with Crippen molar-refractivity contribution in [2.45, 2.75) is 32.6 Å². The summed E-state index contributed by atoms with van der Waals surface area (Å²) in [6.45, 7) is 2.25. The lowest BCUT2D eigenvalue weighted by Crippen LogP contribution is -1.91. The van der Waals surface area contributed by atoms with Gasteiger partial charge >= 0.3 is 0 Å². The van der Waals surface area contributed by atoms with E-state index in [0.29, 0.717) is 10.0 Å². The van der Waals surface area contributed by atoms with E-state index in [1.54, 1.807) is 12.1 Å². The van der Waals surface area contributed by atoms with E-state index >= 15 is 0 Å². The van der Waals surface area contributed by atoms with Gasteiger partial charge in [0.2, 0.25) is 0 Å². The van der Waals surface area contributed by atoms with E-state index in [0.717, 1.165) is 24.0 Å². The van der Waals surface area contributed by atoms with Crippen molar-refractivity contribution in [3.05, 3.63) is 39.4 Å². The number of halogens is 2. The Morgan fingerprint density at radius 2 is 2.06 bits per heavy atom. The highest BCUT2D eigenvalue weighted by Gasteiger charge is 2.01. The topological polar surface area (TPSA) is 20.2 Å². The third-order valence-corrected chi connectivity index (χ3v) is 3.19. The second-order valence-corrected chi connectivity index (χ2v) is 4.93. The first-order chi connectivity index (χ1) is 8.17. The molecule has 0 radical (unpaired) electrons. The normalized spacial score (nSPS) is 11.9. The summed E-state index contributed by atoms with van der Waals surface area (Å²) < 4.78 is 0. The van der Waals surface area contributed by atoms with Gasteiger partial charge < -0.3 is 5.11 Å². The number of hydrogen-bond acceptors (Lipinski definition) is 1. The molecule has 0 aliphatic rings. The van der Waals surface area contributed by atoms with Crippen molar-refractivity contribution in [3.63, 3.8) is 0 Å². The largest absolute Gasteiger partial charge is 0.392 e. The lowest BCUT2D eigenvalue weighted by molar-refractivity contribution is 0.326. The van der Waals surface area contributed by atoms with Gasteiger partial charge in [-0.1, -0.05) is 55.1 Å². The minimum Gasteiger partial charge on any atom is -0.392 e. The summed E-state index contributed by atoms with van der Waals surface area (Å²) in [4.78, 5) is 0. The Morgan fingerprint density at radius 3 is 2.65 bits per heavy atom. The monoisotopic (exact) mass is 272 g/mol. The van der Waals surface area contributed by atoms with Gasteiger partial charge in [0.05, 0.1) is 6.61 Å². The van der Waals surface area contributed by atoms with Crippen LogP contribution in [0.2, 0.25) is 10.0 Å². The van der Waals surface area contributed by atoms with Crippen LogP contribution in [0, 0.1) is 0 Å². The maximum atomic E-state index is 9.29. The van der Waals surface area contributed by atoms with Gasteiger partial charge in [-0.3, -0.25) is 0 Å². The number of aliphatic hydroxyl groups is 1. The number of rotatable bonds is 6. The number of hydrogen-bond donors (Lipinski definition) is 1. The Morgan fingerprint density at radius 1 is 1.29 bits per heavy atom. The summed E-state index contributed by atoms with van der Waals surface area (Å²) >= 11 is 11.9. The summed E-state index contributed by atoms with van der Waals surface area (Å²) in [5, 5.41) is 10.5. The molecule has 0 saturated heterocycles. The predicted molar refractivity (Wildman–Crippen MR) is 75.7 cm³/mol. The summed E-state index contributed by atoms with van der Waals surface area (Å²) in [6, 6.07) is 5.40. The molecule has 0 bridgehead atoms. The van der Waals surface area contributed by atoms with E-state index < -0.39 is 0 Å². The van der Waals surface area contributed by atoms with Crippen LogP contribution in [0.5, 0.6) is 0 Å². The molecule has 0 saturated carbocycles. The fraction of sp³-hybridized carbons (Fsp3) is 0.429. The van der Waals surface area contributed by atoms with Crippen LogP contribution in [-0.2, 0) is 0 Å². The summed E-state index contributed by atoms with van der Waals surface area (Å²) in [5.41, 5.74) is 1.93. The molecule has 1 aromatic rings. The van der Waals surface area contributed by atoms with E-state index in [1.807, 2.05) is 12.1 Å². The quantitative estimate of drug-likeness (QED) is 0.727. The predicted octanol–water partition coefficient (Wildman–Crippen LogP) is 4.95. The SMILES string of the molecule is CCCCC/C(=C/c1ccc(Cl)cc1Cl)CO. The first-order valence-corrected chi connectivity index (χ1v) is 6.68. The van der Waals surface area contributed by atoms with E-state index in [4.69, 9.17) is 23.2 Å². The van der Waals surface area contributed by atoms with Gasteiger partial charge in [0.1, 0.15) is 0 Å². The van der Waals surface area contributed by atoms with Crippen LogP contribution in [0.25, 0.3) is 6.08 Å². The molecule has 1 aromatic carbocycles. The van der Waals surface area contributed by atoms with Crippen molar-refractivity contribution in [1.29, 1.82) is 0 Å².